The van der Waals surface area contributed by atoms with E-state index >= 15 is 0 Å². The van der Waals surface area contributed by atoms with E-state index in [9.17, 15) is 14.4 Å². The van der Waals surface area contributed by atoms with Crippen LogP contribution in [0.2, 0.25) is 0 Å². The van der Waals surface area contributed by atoms with Gasteiger partial charge in [-0.25, -0.2) is 4.98 Å². The van der Waals surface area contributed by atoms with E-state index in [2.05, 4.69) is 10.3 Å². The van der Waals surface area contributed by atoms with Crippen molar-refractivity contribution in [2.75, 3.05) is 5.32 Å². The number of carbonyl (C=O) groups is 2. The Morgan fingerprint density at radius 2 is 1.91 bits per heavy atom. The average molecular weight is 479 g/mol. The molecule has 0 aliphatic heterocycles. The molecule has 7 nitrogen and oxygen atoms in total. The fraction of sp³-hybridized carbons (Fsp3) is 0.250. The number of hydrogen-bond donors (Lipinski definition) is 2. The lowest BCUT2D eigenvalue weighted by atomic mass is 9.95. The van der Waals surface area contributed by atoms with Gasteiger partial charge < -0.3 is 11.1 Å². The van der Waals surface area contributed by atoms with Crippen LogP contribution in [0, 0.1) is 0 Å². The number of hydrogen-bond acceptors (Lipinski definition) is 6. The minimum absolute atomic E-state index is 0.276. The fourth-order valence-corrected chi connectivity index (χ4v) is 6.51. The zero-order valence-corrected chi connectivity index (χ0v) is 19.6. The lowest BCUT2D eigenvalue weighted by Crippen LogP contribution is -2.32. The highest BCUT2D eigenvalue weighted by molar-refractivity contribution is 7.21. The molecule has 3 aromatic heterocycles. The van der Waals surface area contributed by atoms with Crippen LogP contribution in [0.3, 0.4) is 0 Å². The fourth-order valence-electron chi connectivity index (χ4n) is 4.21. The van der Waals surface area contributed by atoms with Crippen molar-refractivity contribution >= 4 is 49.7 Å². The molecule has 3 heterocycles. The van der Waals surface area contributed by atoms with E-state index in [-0.39, 0.29) is 5.56 Å². The van der Waals surface area contributed by atoms with E-state index in [1.807, 2.05) is 36.4 Å². The van der Waals surface area contributed by atoms with Crippen molar-refractivity contribution in [3.05, 3.63) is 69.1 Å². The molecule has 33 heavy (non-hydrogen) atoms. The van der Waals surface area contributed by atoms with Crippen LogP contribution in [-0.4, -0.2) is 21.4 Å². The number of aromatic nitrogens is 2. The van der Waals surface area contributed by atoms with E-state index in [1.165, 1.54) is 33.6 Å². The van der Waals surface area contributed by atoms with E-state index in [1.54, 1.807) is 6.92 Å². The number of rotatable bonds is 5. The number of nitrogens with two attached hydrogens (primary N) is 1. The third-order valence-electron chi connectivity index (χ3n) is 5.99. The Kier molecular flexibility index (Phi) is 5.59. The first-order valence-corrected chi connectivity index (χ1v) is 12.4. The van der Waals surface area contributed by atoms with Gasteiger partial charge >= 0.3 is 0 Å². The van der Waals surface area contributed by atoms with Crippen molar-refractivity contribution in [1.82, 2.24) is 9.55 Å². The summed E-state index contributed by atoms with van der Waals surface area (Å²) in [5.74, 6) is -0.929. The first-order valence-electron chi connectivity index (χ1n) is 10.8. The summed E-state index contributed by atoms with van der Waals surface area (Å²) in [6.07, 6.45) is 5.14. The standard InChI is InChI=1S/C24H22N4O3S2/c1-13(21(30)27-23-19(20(25)29)15-9-5-6-10-17(15)32-23)28-12-26-22-16(24(28)31)11-18(33-22)14-7-3-2-4-8-14/h2-4,7-8,11-13H,5-6,9-10H2,1H3,(H2,25,29)(H,27,30). The number of fused-ring (bicyclic) bond motifs is 2. The summed E-state index contributed by atoms with van der Waals surface area (Å²) in [4.78, 5) is 45.5. The van der Waals surface area contributed by atoms with E-state index < -0.39 is 17.9 Å². The topological polar surface area (TPSA) is 107 Å². The Balaban J connectivity index is 1.45. The smallest absolute Gasteiger partial charge is 0.262 e. The summed E-state index contributed by atoms with van der Waals surface area (Å²) in [7, 11) is 0. The van der Waals surface area contributed by atoms with Crippen LogP contribution in [0.4, 0.5) is 5.00 Å². The number of primary amides is 1. The monoisotopic (exact) mass is 478 g/mol. The molecule has 0 fully saturated rings. The van der Waals surface area contributed by atoms with E-state index in [4.69, 9.17) is 5.73 Å². The van der Waals surface area contributed by atoms with Crippen molar-refractivity contribution in [2.24, 2.45) is 5.73 Å². The maximum Gasteiger partial charge on any atom is 0.262 e. The van der Waals surface area contributed by atoms with Crippen molar-refractivity contribution in [1.29, 1.82) is 0 Å². The molecule has 0 spiro atoms. The molecule has 1 atom stereocenters. The minimum Gasteiger partial charge on any atom is -0.365 e. The van der Waals surface area contributed by atoms with Crippen LogP contribution in [0.15, 0.2) is 47.5 Å². The Bertz CT molecular complexity index is 1440. The molecule has 1 aromatic carbocycles. The van der Waals surface area contributed by atoms with Crippen molar-refractivity contribution in [3.63, 3.8) is 0 Å². The third-order valence-corrected chi connectivity index (χ3v) is 8.29. The quantitative estimate of drug-likeness (QED) is 0.444. The van der Waals surface area contributed by atoms with Crippen molar-refractivity contribution in [3.8, 4) is 10.4 Å². The van der Waals surface area contributed by atoms with Gasteiger partial charge in [0.25, 0.3) is 11.5 Å². The summed E-state index contributed by atoms with van der Waals surface area (Å²) in [6, 6.07) is 10.8. The summed E-state index contributed by atoms with van der Waals surface area (Å²) >= 11 is 2.85. The number of benzene rings is 1. The lowest BCUT2D eigenvalue weighted by Gasteiger charge is -2.15. The lowest BCUT2D eigenvalue weighted by molar-refractivity contribution is -0.118. The van der Waals surface area contributed by atoms with Gasteiger partial charge in [0.15, 0.2) is 0 Å². The van der Waals surface area contributed by atoms with E-state index in [0.29, 0.717) is 20.8 Å². The summed E-state index contributed by atoms with van der Waals surface area (Å²) in [5, 5.41) is 3.79. The van der Waals surface area contributed by atoms with Crippen LogP contribution in [0.5, 0.6) is 0 Å². The van der Waals surface area contributed by atoms with Crippen LogP contribution >= 0.6 is 22.7 Å². The predicted octanol–water partition coefficient (Wildman–Crippen LogP) is 4.36. The first kappa shape index (κ1) is 21.5. The van der Waals surface area contributed by atoms with Crippen LogP contribution in [0.25, 0.3) is 20.7 Å². The van der Waals surface area contributed by atoms with Gasteiger partial charge in [-0.05, 0) is 49.8 Å². The van der Waals surface area contributed by atoms with Crippen LogP contribution < -0.4 is 16.6 Å². The third kappa shape index (κ3) is 3.87. The minimum atomic E-state index is -0.811. The maximum absolute atomic E-state index is 13.2. The highest BCUT2D eigenvalue weighted by Crippen LogP contribution is 2.38. The molecule has 5 rings (SSSR count). The SMILES string of the molecule is CC(C(=O)Nc1sc2c(c1C(N)=O)CCCC2)n1cnc2sc(-c3ccccc3)cc2c1=O. The number of thiophene rings is 2. The molecule has 4 aromatic rings. The average Bonchev–Trinajstić information content (AvgIpc) is 3.41. The summed E-state index contributed by atoms with van der Waals surface area (Å²) in [6.45, 7) is 1.65. The maximum atomic E-state index is 13.2. The van der Waals surface area contributed by atoms with Gasteiger partial charge in [0.05, 0.1) is 17.3 Å². The number of nitrogens with zero attached hydrogens (tertiary/aromatic N) is 2. The van der Waals surface area contributed by atoms with Crippen molar-refractivity contribution in [2.45, 2.75) is 38.6 Å². The number of amides is 2. The van der Waals surface area contributed by atoms with Gasteiger partial charge in [-0.2, -0.15) is 0 Å². The normalized spacial score (nSPS) is 14.1. The second-order valence-electron chi connectivity index (χ2n) is 8.10. The Morgan fingerprint density at radius 3 is 2.67 bits per heavy atom. The number of aryl methyl sites for hydroxylation is 1. The number of anilines is 1. The number of carbonyl (C=O) groups excluding carboxylic acids is 2. The van der Waals surface area contributed by atoms with E-state index in [0.717, 1.165) is 46.6 Å². The van der Waals surface area contributed by atoms with Gasteiger partial charge in [0.2, 0.25) is 5.91 Å². The first-order chi connectivity index (χ1) is 15.9. The molecule has 168 valence electrons. The summed E-state index contributed by atoms with van der Waals surface area (Å²) < 4.78 is 1.33. The summed E-state index contributed by atoms with van der Waals surface area (Å²) in [5.41, 5.74) is 7.73. The zero-order valence-electron chi connectivity index (χ0n) is 18.0. The molecule has 0 saturated heterocycles. The molecule has 0 bridgehead atoms. The molecule has 1 aliphatic carbocycles. The number of nitrogens with one attached hydrogen (secondary N) is 1. The van der Waals surface area contributed by atoms with Crippen molar-refractivity contribution < 1.29 is 9.59 Å². The molecule has 1 unspecified atom stereocenters. The second-order valence-corrected chi connectivity index (χ2v) is 10.2. The van der Waals surface area contributed by atoms with Gasteiger partial charge in [0, 0.05) is 9.75 Å². The van der Waals surface area contributed by atoms with Crippen LogP contribution in [0.1, 0.15) is 46.6 Å². The molecule has 0 radical (unpaired) electrons. The zero-order chi connectivity index (χ0) is 23.1. The molecule has 1 aliphatic rings. The molecule has 3 N–H and O–H groups in total. The van der Waals surface area contributed by atoms with Gasteiger partial charge in [-0.1, -0.05) is 30.3 Å². The largest absolute Gasteiger partial charge is 0.365 e. The molecular formula is C24H22N4O3S2. The Hall–Kier alpha value is -3.30. The Labute approximate surface area is 197 Å². The predicted molar refractivity (Wildman–Crippen MR) is 132 cm³/mol. The highest BCUT2D eigenvalue weighted by atomic mass is 32.1. The molecule has 0 saturated carbocycles. The molecular weight excluding hydrogens is 456 g/mol. The highest BCUT2D eigenvalue weighted by Gasteiger charge is 2.27. The molecule has 9 heteroatoms. The second kappa shape index (κ2) is 8.57. The van der Waals surface area contributed by atoms with Gasteiger partial charge in [-0.3, -0.25) is 19.0 Å². The molecule has 2 amide bonds. The van der Waals surface area contributed by atoms with Gasteiger partial charge in [0.1, 0.15) is 15.9 Å². The van der Waals surface area contributed by atoms with Gasteiger partial charge in [-0.15, -0.1) is 22.7 Å². The Morgan fingerprint density at radius 1 is 1.15 bits per heavy atom. The van der Waals surface area contributed by atoms with Crippen LogP contribution in [-0.2, 0) is 17.6 Å².